The lowest BCUT2D eigenvalue weighted by molar-refractivity contribution is -0.117. The fourth-order valence-electron chi connectivity index (χ4n) is 11.3. The number of unbranched alkanes of at least 4 members (excludes halogenated alkanes) is 2. The van der Waals surface area contributed by atoms with Gasteiger partial charge < -0.3 is 9.69 Å². The molecule has 4 aromatic carbocycles. The van der Waals surface area contributed by atoms with Crippen molar-refractivity contribution >= 4 is 33.0 Å². The van der Waals surface area contributed by atoms with Crippen molar-refractivity contribution in [3.8, 4) is 0 Å². The zero-order chi connectivity index (χ0) is 34.7. The van der Waals surface area contributed by atoms with Gasteiger partial charge in [-0.15, -0.1) is 0 Å². The number of hydrogen-bond acceptors (Lipinski definition) is 2. The van der Waals surface area contributed by atoms with E-state index in [1.165, 1.54) is 57.8 Å². The molecule has 0 aromatic heterocycles. The summed E-state index contributed by atoms with van der Waals surface area (Å²) in [6, 6.07) is 27.5. The summed E-state index contributed by atoms with van der Waals surface area (Å²) in [7, 11) is 0. The van der Waals surface area contributed by atoms with Crippen LogP contribution in [0.5, 0.6) is 0 Å². The minimum Gasteiger partial charge on any atom is -0.344 e. The van der Waals surface area contributed by atoms with Crippen molar-refractivity contribution in [2.24, 2.45) is 35.5 Å². The number of fused-ring (bicyclic) bond motifs is 4. The minimum atomic E-state index is -0.0655. The van der Waals surface area contributed by atoms with Crippen LogP contribution in [-0.2, 0) is 22.0 Å². The quantitative estimate of drug-likeness (QED) is 0.150. The third-order valence-corrected chi connectivity index (χ3v) is 13.3. The first-order chi connectivity index (χ1) is 23.4. The molecule has 1 saturated carbocycles. The lowest BCUT2D eigenvalue weighted by Crippen LogP contribution is -2.53. The normalized spacial score (nSPS) is 25.5. The molecule has 0 N–H and O–H groups in total. The van der Waals surface area contributed by atoms with Gasteiger partial charge >= 0.3 is 0 Å². The lowest BCUT2D eigenvalue weighted by atomic mass is 9.48. The summed E-state index contributed by atoms with van der Waals surface area (Å²) in [5.41, 5.74) is 7.67. The zero-order valence-corrected chi connectivity index (χ0v) is 31.5. The number of carbonyl (C=O) groups excluding carboxylic acids is 1. The van der Waals surface area contributed by atoms with Crippen molar-refractivity contribution in [3.05, 3.63) is 101 Å². The van der Waals surface area contributed by atoms with Gasteiger partial charge in [-0.2, -0.15) is 0 Å². The Morgan fingerprint density at radius 2 is 1.51 bits per heavy atom. The van der Waals surface area contributed by atoms with E-state index in [0.717, 1.165) is 49.5 Å². The molecule has 0 saturated heterocycles. The highest BCUT2D eigenvalue weighted by Crippen LogP contribution is 2.62. The number of hydrogen-bond donors (Lipinski definition) is 0. The van der Waals surface area contributed by atoms with Gasteiger partial charge in [0.05, 0.1) is 0 Å². The topological polar surface area (TPSA) is 20.3 Å². The molecule has 0 spiro atoms. The molecule has 1 fully saturated rings. The summed E-state index contributed by atoms with van der Waals surface area (Å²) < 4.78 is 0. The van der Waals surface area contributed by atoms with E-state index in [2.05, 4.69) is 132 Å². The molecule has 2 heteroatoms. The van der Waals surface area contributed by atoms with E-state index in [9.17, 15) is 4.79 Å². The first-order valence-electron chi connectivity index (χ1n) is 19.4. The van der Waals surface area contributed by atoms with Crippen LogP contribution in [0, 0.1) is 35.5 Å². The van der Waals surface area contributed by atoms with Crippen LogP contribution in [0.3, 0.4) is 0 Å². The second-order valence-electron chi connectivity index (χ2n) is 17.5. The summed E-state index contributed by atoms with van der Waals surface area (Å²) in [5.74, 6) is 4.56. The van der Waals surface area contributed by atoms with Crippen molar-refractivity contribution in [1.29, 1.82) is 0 Å². The van der Waals surface area contributed by atoms with Crippen LogP contribution in [0.4, 0.5) is 5.69 Å². The molecule has 8 rings (SSSR count). The highest BCUT2D eigenvalue weighted by atomic mass is 16.1. The maximum Gasteiger partial charge on any atom is 0.129 e. The molecule has 0 radical (unpaired) electrons. The predicted octanol–water partition coefficient (Wildman–Crippen LogP) is 12.2. The monoisotopic (exact) mass is 653 g/mol. The zero-order valence-electron chi connectivity index (χ0n) is 31.5. The molecule has 6 unspecified atom stereocenters. The fraction of sp³-hybridized carbons (Fsp3) is 0.511. The Morgan fingerprint density at radius 1 is 0.857 bits per heavy atom. The van der Waals surface area contributed by atoms with Gasteiger partial charge in [0.25, 0.3) is 0 Å². The fourth-order valence-corrected chi connectivity index (χ4v) is 11.3. The molecule has 4 aliphatic rings. The second-order valence-corrected chi connectivity index (χ2v) is 17.5. The van der Waals surface area contributed by atoms with Crippen LogP contribution in [0.2, 0.25) is 0 Å². The molecule has 6 atom stereocenters. The highest BCUT2D eigenvalue weighted by Gasteiger charge is 2.57. The number of ketones is 1. The van der Waals surface area contributed by atoms with E-state index in [1.807, 2.05) is 0 Å². The van der Waals surface area contributed by atoms with Gasteiger partial charge in [-0.05, 0) is 124 Å². The van der Waals surface area contributed by atoms with E-state index in [1.54, 1.807) is 18.1 Å². The highest BCUT2D eigenvalue weighted by molar-refractivity contribution is 5.95. The summed E-state index contributed by atoms with van der Waals surface area (Å²) in [6.07, 6.45) is 10.3. The Hall–Kier alpha value is -3.39. The molecule has 3 aliphatic carbocycles. The van der Waals surface area contributed by atoms with Crippen molar-refractivity contribution in [2.45, 2.75) is 111 Å². The predicted molar refractivity (Wildman–Crippen MR) is 209 cm³/mol. The third kappa shape index (κ3) is 5.96. The van der Waals surface area contributed by atoms with Crippen molar-refractivity contribution in [3.63, 3.8) is 0 Å². The van der Waals surface area contributed by atoms with Crippen molar-refractivity contribution in [1.82, 2.24) is 0 Å². The van der Waals surface area contributed by atoms with Gasteiger partial charge in [0.1, 0.15) is 5.78 Å². The van der Waals surface area contributed by atoms with E-state index < -0.39 is 0 Å². The Labute approximate surface area is 296 Å². The van der Waals surface area contributed by atoms with Crippen LogP contribution in [0.1, 0.15) is 111 Å². The number of benzene rings is 4. The van der Waals surface area contributed by atoms with Gasteiger partial charge in [-0.1, -0.05) is 128 Å². The van der Waals surface area contributed by atoms with E-state index in [4.69, 9.17) is 0 Å². The van der Waals surface area contributed by atoms with Gasteiger partial charge in [-0.25, -0.2) is 0 Å². The first kappa shape index (κ1) is 34.1. The molecular weight excluding hydrogens is 595 g/mol. The lowest BCUT2D eigenvalue weighted by Gasteiger charge is -2.56. The first-order valence-corrected chi connectivity index (χ1v) is 19.4. The largest absolute Gasteiger partial charge is 0.344 e. The van der Waals surface area contributed by atoms with Crippen LogP contribution >= 0.6 is 0 Å². The minimum absolute atomic E-state index is 0.0655. The van der Waals surface area contributed by atoms with Crippen molar-refractivity contribution in [2.75, 3.05) is 11.4 Å². The SMILES string of the molecule is CC(=O)CCCCCN1/C(=C\C(C)CC(C)CC2C3Cc4ccc5ccccc5c4C(C)(C)C2C3C)C(C)(C)c2c1ccc1ccccc21. The molecule has 49 heavy (non-hydrogen) atoms. The van der Waals surface area contributed by atoms with Gasteiger partial charge in [-0.3, -0.25) is 0 Å². The Kier molecular flexibility index (Phi) is 9.08. The molecule has 1 aliphatic heterocycles. The molecule has 0 amide bonds. The molecule has 258 valence electrons. The molecule has 2 bridgehead atoms. The summed E-state index contributed by atoms with van der Waals surface area (Å²) in [4.78, 5) is 14.2. The van der Waals surface area contributed by atoms with Crippen molar-refractivity contribution < 1.29 is 4.79 Å². The standard InChI is InChI=1S/C47H59NO/c1-30(27-40-39-29-36-22-21-34-17-11-13-19-37(34)44(36)47(7,8)43(40)33(39)4)26-31(2)28-42-46(5,6)45-38-20-14-12-18-35(38)23-24-41(45)48(42)25-15-9-10-16-32(3)49/h11-14,17-24,28,30-31,33,39-40,43H,9-10,15-16,25-27,29H2,1-8H3/b42-28-. The third-order valence-electron chi connectivity index (χ3n) is 13.3. The summed E-state index contributed by atoms with van der Waals surface area (Å²) in [5, 5.41) is 5.58. The summed E-state index contributed by atoms with van der Waals surface area (Å²) >= 11 is 0. The summed E-state index contributed by atoms with van der Waals surface area (Å²) in [6.45, 7) is 20.3. The van der Waals surface area contributed by atoms with E-state index >= 15 is 0 Å². The Balaban J connectivity index is 1.11. The maximum absolute atomic E-state index is 11.6. The smallest absolute Gasteiger partial charge is 0.129 e. The van der Waals surface area contributed by atoms with E-state index in [-0.39, 0.29) is 10.8 Å². The Bertz CT molecular complexity index is 1890. The van der Waals surface area contributed by atoms with Crippen LogP contribution in [0.15, 0.2) is 84.6 Å². The van der Waals surface area contributed by atoms with E-state index in [0.29, 0.717) is 24.0 Å². The second kappa shape index (κ2) is 13.1. The average molecular weight is 654 g/mol. The molecule has 2 nitrogen and oxygen atoms in total. The maximum atomic E-state index is 11.6. The van der Waals surface area contributed by atoms with Gasteiger partial charge in [0.2, 0.25) is 0 Å². The number of nitrogens with zero attached hydrogens (tertiary/aromatic N) is 1. The molecule has 1 heterocycles. The van der Waals surface area contributed by atoms with Gasteiger partial charge in [0.15, 0.2) is 0 Å². The molecular formula is C47H59NO. The van der Waals surface area contributed by atoms with Gasteiger partial charge in [0, 0.05) is 29.8 Å². The number of carbonyl (C=O) groups is 1. The average Bonchev–Trinajstić information content (AvgIpc) is 3.14. The van der Waals surface area contributed by atoms with Crippen LogP contribution in [0.25, 0.3) is 21.5 Å². The molecule has 4 aromatic rings. The number of Topliss-reactive ketones (excluding diaryl/α,β-unsaturated/α-hetero) is 1. The number of rotatable bonds is 11. The van der Waals surface area contributed by atoms with Crippen LogP contribution in [-0.4, -0.2) is 12.3 Å². The number of allylic oxidation sites excluding steroid dienone is 2. The van der Waals surface area contributed by atoms with Crippen LogP contribution < -0.4 is 4.90 Å². The Morgan fingerprint density at radius 3 is 2.20 bits per heavy atom. The number of anilines is 1.